The lowest BCUT2D eigenvalue weighted by Crippen LogP contribution is -2.10. The van der Waals surface area contributed by atoms with E-state index in [0.29, 0.717) is 22.1 Å². The van der Waals surface area contributed by atoms with Crippen LogP contribution in [0.15, 0.2) is 18.2 Å². The molecule has 0 radical (unpaired) electrons. The third-order valence-corrected chi connectivity index (χ3v) is 5.41. The molecule has 0 aliphatic rings. The van der Waals surface area contributed by atoms with E-state index in [1.165, 1.54) is 17.4 Å². The molecule has 5 nitrogen and oxygen atoms in total. The summed E-state index contributed by atoms with van der Waals surface area (Å²) in [6.07, 6.45) is 3.26. The van der Waals surface area contributed by atoms with E-state index in [1.54, 1.807) is 39.5 Å². The van der Waals surface area contributed by atoms with Crippen molar-refractivity contribution < 1.29 is 19.0 Å². The molecular weight excluding hydrogens is 350 g/mol. The standard InChI is InChI=1S/C20H25NO4S/c1-12-18(26-19(21-12)20(2,3)4)14(22)9-8-13-10-16(24-6)17(25-7)11-15(13)23-5/h8-11H,1-7H3/b9-8+. The molecule has 1 aromatic heterocycles. The number of allylic oxidation sites excluding steroid dienone is 1. The molecule has 0 atom stereocenters. The maximum Gasteiger partial charge on any atom is 0.197 e. The zero-order valence-corrected chi connectivity index (χ0v) is 17.1. The van der Waals surface area contributed by atoms with Gasteiger partial charge in [-0.2, -0.15) is 0 Å². The summed E-state index contributed by atoms with van der Waals surface area (Å²) in [5.74, 6) is 1.67. The Kier molecular flexibility index (Phi) is 6.08. The molecule has 1 aromatic carbocycles. The number of ketones is 1. The molecule has 2 rings (SSSR count). The van der Waals surface area contributed by atoms with Crippen LogP contribution in [0.4, 0.5) is 0 Å². The van der Waals surface area contributed by atoms with E-state index in [-0.39, 0.29) is 11.2 Å². The van der Waals surface area contributed by atoms with Crippen LogP contribution >= 0.6 is 11.3 Å². The third kappa shape index (κ3) is 4.25. The first kappa shape index (κ1) is 20.0. The van der Waals surface area contributed by atoms with Gasteiger partial charge in [0.05, 0.1) is 36.9 Å². The molecule has 0 spiro atoms. The van der Waals surface area contributed by atoms with E-state index in [4.69, 9.17) is 14.2 Å². The highest BCUT2D eigenvalue weighted by molar-refractivity contribution is 7.14. The van der Waals surface area contributed by atoms with Crippen molar-refractivity contribution in [3.63, 3.8) is 0 Å². The van der Waals surface area contributed by atoms with Crippen molar-refractivity contribution >= 4 is 23.2 Å². The van der Waals surface area contributed by atoms with Crippen molar-refractivity contribution in [3.05, 3.63) is 39.4 Å². The number of ether oxygens (including phenoxy) is 3. The molecule has 0 amide bonds. The highest BCUT2D eigenvalue weighted by atomic mass is 32.1. The predicted molar refractivity (Wildman–Crippen MR) is 105 cm³/mol. The number of hydrogen-bond donors (Lipinski definition) is 0. The molecule has 6 heteroatoms. The fourth-order valence-electron chi connectivity index (χ4n) is 2.37. The number of aromatic nitrogens is 1. The van der Waals surface area contributed by atoms with Crippen molar-refractivity contribution in [2.45, 2.75) is 33.1 Å². The molecule has 0 saturated carbocycles. The molecule has 0 aliphatic carbocycles. The van der Waals surface area contributed by atoms with Gasteiger partial charge in [-0.25, -0.2) is 4.98 Å². The highest BCUT2D eigenvalue weighted by Gasteiger charge is 2.22. The average Bonchev–Trinajstić information content (AvgIpc) is 3.01. The molecule has 2 aromatic rings. The smallest absolute Gasteiger partial charge is 0.197 e. The predicted octanol–water partition coefficient (Wildman–Crippen LogP) is 4.67. The maximum absolute atomic E-state index is 12.6. The molecule has 1 heterocycles. The second-order valence-corrected chi connectivity index (χ2v) is 7.83. The summed E-state index contributed by atoms with van der Waals surface area (Å²) in [5.41, 5.74) is 1.41. The Balaban J connectivity index is 2.35. The molecular formula is C20H25NO4S. The topological polar surface area (TPSA) is 57.7 Å². The summed E-state index contributed by atoms with van der Waals surface area (Å²) in [7, 11) is 4.71. The van der Waals surface area contributed by atoms with E-state index < -0.39 is 0 Å². The Morgan fingerprint density at radius 3 is 2.12 bits per heavy atom. The van der Waals surface area contributed by atoms with Gasteiger partial charge >= 0.3 is 0 Å². The molecule has 0 N–H and O–H groups in total. The van der Waals surface area contributed by atoms with Crippen LogP contribution in [0.2, 0.25) is 0 Å². The minimum absolute atomic E-state index is 0.0765. The lowest BCUT2D eigenvalue weighted by Gasteiger charge is -2.13. The Morgan fingerprint density at radius 2 is 1.62 bits per heavy atom. The maximum atomic E-state index is 12.6. The van der Waals surface area contributed by atoms with Crippen LogP contribution in [0, 0.1) is 6.92 Å². The monoisotopic (exact) mass is 375 g/mol. The lowest BCUT2D eigenvalue weighted by molar-refractivity contribution is 0.105. The number of carbonyl (C=O) groups is 1. The van der Waals surface area contributed by atoms with Crippen LogP contribution in [-0.2, 0) is 5.41 Å². The number of hydrogen-bond acceptors (Lipinski definition) is 6. The minimum atomic E-state index is -0.0791. The van der Waals surface area contributed by atoms with Gasteiger partial charge in [-0.3, -0.25) is 4.79 Å². The summed E-state index contributed by atoms with van der Waals surface area (Å²) < 4.78 is 16.0. The van der Waals surface area contributed by atoms with Crippen LogP contribution in [0.3, 0.4) is 0 Å². The Hall–Kier alpha value is -2.34. The molecule has 26 heavy (non-hydrogen) atoms. The summed E-state index contributed by atoms with van der Waals surface area (Å²) in [6.45, 7) is 8.13. The van der Waals surface area contributed by atoms with Crippen molar-refractivity contribution in [2.75, 3.05) is 21.3 Å². The quantitative estimate of drug-likeness (QED) is 0.542. The van der Waals surface area contributed by atoms with Crippen LogP contribution in [0.1, 0.15) is 46.7 Å². The molecule has 0 unspecified atom stereocenters. The Bertz CT molecular complexity index is 831. The second-order valence-electron chi connectivity index (χ2n) is 6.83. The largest absolute Gasteiger partial charge is 0.496 e. The van der Waals surface area contributed by atoms with Gasteiger partial charge in [0, 0.05) is 17.0 Å². The van der Waals surface area contributed by atoms with Crippen molar-refractivity contribution in [3.8, 4) is 17.2 Å². The lowest BCUT2D eigenvalue weighted by atomic mass is 9.98. The van der Waals surface area contributed by atoms with E-state index in [9.17, 15) is 4.79 Å². The fourth-order valence-corrected chi connectivity index (χ4v) is 3.41. The normalized spacial score (nSPS) is 11.7. The van der Waals surface area contributed by atoms with Gasteiger partial charge in [0.15, 0.2) is 17.3 Å². The van der Waals surface area contributed by atoms with Gasteiger partial charge in [-0.05, 0) is 25.1 Å². The average molecular weight is 375 g/mol. The van der Waals surface area contributed by atoms with E-state index >= 15 is 0 Å². The first-order valence-corrected chi connectivity index (χ1v) is 9.03. The molecule has 0 saturated heterocycles. The van der Waals surface area contributed by atoms with Crippen molar-refractivity contribution in [2.24, 2.45) is 0 Å². The fraction of sp³-hybridized carbons (Fsp3) is 0.400. The molecule has 0 aliphatic heterocycles. The van der Waals surface area contributed by atoms with Crippen molar-refractivity contribution in [1.82, 2.24) is 4.98 Å². The molecule has 0 fully saturated rings. The van der Waals surface area contributed by atoms with Gasteiger partial charge in [0.25, 0.3) is 0 Å². The highest BCUT2D eigenvalue weighted by Crippen LogP contribution is 2.35. The summed E-state index contributed by atoms with van der Waals surface area (Å²) >= 11 is 1.45. The van der Waals surface area contributed by atoms with Crippen LogP contribution in [-0.4, -0.2) is 32.1 Å². The van der Waals surface area contributed by atoms with Gasteiger partial charge in [0.1, 0.15) is 5.75 Å². The van der Waals surface area contributed by atoms with E-state index in [1.807, 2.05) is 6.92 Å². The second kappa shape index (κ2) is 7.91. The van der Waals surface area contributed by atoms with Crippen LogP contribution in [0.5, 0.6) is 17.2 Å². The van der Waals surface area contributed by atoms with E-state index in [0.717, 1.165) is 16.3 Å². The SMILES string of the molecule is COc1cc(OC)c(OC)cc1/C=C/C(=O)c1sc(C(C)(C)C)nc1C. The summed E-state index contributed by atoms with van der Waals surface area (Å²) in [6, 6.07) is 3.51. The van der Waals surface area contributed by atoms with Crippen molar-refractivity contribution in [1.29, 1.82) is 0 Å². The first-order valence-electron chi connectivity index (χ1n) is 8.21. The first-order chi connectivity index (χ1) is 12.2. The number of rotatable bonds is 6. The van der Waals surface area contributed by atoms with Gasteiger partial charge in [-0.1, -0.05) is 20.8 Å². The zero-order valence-electron chi connectivity index (χ0n) is 16.3. The number of thiazole rings is 1. The molecule has 0 bridgehead atoms. The summed E-state index contributed by atoms with van der Waals surface area (Å²) in [4.78, 5) is 17.8. The number of methoxy groups -OCH3 is 3. The van der Waals surface area contributed by atoms with Gasteiger partial charge in [0.2, 0.25) is 0 Å². The summed E-state index contributed by atoms with van der Waals surface area (Å²) in [5, 5.41) is 0.954. The third-order valence-electron chi connectivity index (χ3n) is 3.81. The minimum Gasteiger partial charge on any atom is -0.496 e. The number of nitrogens with zero attached hydrogens (tertiary/aromatic N) is 1. The van der Waals surface area contributed by atoms with Crippen LogP contribution in [0.25, 0.3) is 6.08 Å². The number of aryl methyl sites for hydroxylation is 1. The Labute approximate surface area is 158 Å². The zero-order chi connectivity index (χ0) is 19.5. The Morgan fingerprint density at radius 1 is 1.04 bits per heavy atom. The van der Waals surface area contributed by atoms with E-state index in [2.05, 4.69) is 25.8 Å². The van der Waals surface area contributed by atoms with Gasteiger partial charge < -0.3 is 14.2 Å². The molecule has 140 valence electrons. The number of benzene rings is 1. The van der Waals surface area contributed by atoms with Crippen LogP contribution < -0.4 is 14.2 Å². The van der Waals surface area contributed by atoms with Gasteiger partial charge in [-0.15, -0.1) is 11.3 Å². The number of carbonyl (C=O) groups excluding carboxylic acids is 1.